The third kappa shape index (κ3) is 4.94. The van der Waals surface area contributed by atoms with Gasteiger partial charge in [-0.25, -0.2) is 9.97 Å². The lowest BCUT2D eigenvalue weighted by molar-refractivity contribution is -0.177. The quantitative estimate of drug-likeness (QED) is 0.758. The van der Waals surface area contributed by atoms with Gasteiger partial charge < -0.3 is 4.74 Å². The third-order valence-corrected chi connectivity index (χ3v) is 1.72. The van der Waals surface area contributed by atoms with Crippen molar-refractivity contribution in [2.75, 3.05) is 6.61 Å². The Hall–Kier alpha value is -0.880. The molecule has 1 aromatic rings. The molecule has 0 aromatic carbocycles. The van der Waals surface area contributed by atoms with E-state index in [1.165, 1.54) is 12.4 Å². The number of aromatic nitrogens is 2. The van der Waals surface area contributed by atoms with Crippen molar-refractivity contribution < 1.29 is 17.9 Å². The van der Waals surface area contributed by atoms with Gasteiger partial charge in [0.2, 0.25) is 0 Å². The van der Waals surface area contributed by atoms with Crippen LogP contribution in [0.25, 0.3) is 0 Å². The van der Waals surface area contributed by atoms with Crippen molar-refractivity contribution in [3.63, 3.8) is 0 Å². The van der Waals surface area contributed by atoms with E-state index in [1.807, 2.05) is 0 Å². The van der Waals surface area contributed by atoms with E-state index >= 15 is 0 Å². The summed E-state index contributed by atoms with van der Waals surface area (Å²) in [4.78, 5) is 7.56. The van der Waals surface area contributed by atoms with E-state index in [4.69, 9.17) is 11.6 Å². The molecule has 1 heterocycles. The van der Waals surface area contributed by atoms with E-state index in [2.05, 4.69) is 14.7 Å². The molecular weight excluding hydrogens is 233 g/mol. The molecule has 0 saturated carbocycles. The Labute approximate surface area is 89.2 Å². The van der Waals surface area contributed by atoms with Gasteiger partial charge in [-0.1, -0.05) is 0 Å². The summed E-state index contributed by atoms with van der Waals surface area (Å²) in [6, 6.07) is 0. The summed E-state index contributed by atoms with van der Waals surface area (Å²) >= 11 is 5.48. The van der Waals surface area contributed by atoms with Crippen LogP contribution in [-0.4, -0.2) is 22.8 Å². The average molecular weight is 241 g/mol. The molecule has 84 valence electrons. The molecule has 0 radical (unpaired) electrons. The second-order valence-electron chi connectivity index (χ2n) is 2.75. The van der Waals surface area contributed by atoms with Crippen molar-refractivity contribution in [3.05, 3.63) is 23.8 Å². The Bertz CT molecular complexity index is 302. The van der Waals surface area contributed by atoms with Crippen LogP contribution in [0.4, 0.5) is 13.2 Å². The SMILES string of the molecule is FC(F)(F)COCc1ncc(CCl)cn1. The molecule has 3 nitrogen and oxygen atoms in total. The smallest absolute Gasteiger partial charge is 0.364 e. The van der Waals surface area contributed by atoms with Gasteiger partial charge in [0.1, 0.15) is 13.2 Å². The average Bonchev–Trinajstić information content (AvgIpc) is 2.17. The van der Waals surface area contributed by atoms with Gasteiger partial charge in [0.05, 0.1) is 5.88 Å². The van der Waals surface area contributed by atoms with Crippen LogP contribution in [0, 0.1) is 0 Å². The predicted octanol–water partition coefficient (Wildman–Crippen LogP) is 2.29. The van der Waals surface area contributed by atoms with Crippen molar-refractivity contribution in [1.29, 1.82) is 0 Å². The molecular formula is C8H8ClF3N2O. The minimum Gasteiger partial charge on any atom is -0.364 e. The van der Waals surface area contributed by atoms with Crippen molar-refractivity contribution in [2.45, 2.75) is 18.7 Å². The van der Waals surface area contributed by atoms with E-state index in [9.17, 15) is 13.2 Å². The normalized spacial score (nSPS) is 11.7. The number of ether oxygens (including phenoxy) is 1. The van der Waals surface area contributed by atoms with Crippen molar-refractivity contribution in [2.24, 2.45) is 0 Å². The molecule has 0 unspecified atom stereocenters. The predicted molar refractivity (Wildman–Crippen MR) is 47.3 cm³/mol. The van der Waals surface area contributed by atoms with Crippen LogP contribution in [0.3, 0.4) is 0 Å². The monoisotopic (exact) mass is 240 g/mol. The van der Waals surface area contributed by atoms with E-state index < -0.39 is 12.8 Å². The highest BCUT2D eigenvalue weighted by Gasteiger charge is 2.27. The van der Waals surface area contributed by atoms with Crippen molar-refractivity contribution >= 4 is 11.6 Å². The molecule has 15 heavy (non-hydrogen) atoms. The Morgan fingerprint density at radius 3 is 2.33 bits per heavy atom. The molecule has 1 rings (SSSR count). The lowest BCUT2D eigenvalue weighted by atomic mass is 10.4. The fraction of sp³-hybridized carbons (Fsp3) is 0.500. The van der Waals surface area contributed by atoms with E-state index in [-0.39, 0.29) is 18.3 Å². The Kier molecular flexibility index (Phi) is 4.28. The standard InChI is InChI=1S/C8H8ClF3N2O/c9-1-6-2-13-7(14-3-6)4-15-5-8(10,11)12/h2-3H,1,4-5H2. The topological polar surface area (TPSA) is 35.0 Å². The maximum Gasteiger partial charge on any atom is 0.411 e. The van der Waals surface area contributed by atoms with Gasteiger partial charge >= 0.3 is 6.18 Å². The van der Waals surface area contributed by atoms with Crippen molar-refractivity contribution in [3.8, 4) is 0 Å². The second-order valence-corrected chi connectivity index (χ2v) is 3.02. The zero-order valence-corrected chi connectivity index (χ0v) is 8.35. The van der Waals surface area contributed by atoms with E-state index in [1.54, 1.807) is 0 Å². The number of hydrogen-bond donors (Lipinski definition) is 0. The third-order valence-electron chi connectivity index (χ3n) is 1.41. The van der Waals surface area contributed by atoms with Gasteiger partial charge in [0.15, 0.2) is 5.82 Å². The first kappa shape index (κ1) is 12.2. The molecule has 0 aliphatic rings. The molecule has 0 bridgehead atoms. The molecule has 0 N–H and O–H groups in total. The first-order chi connectivity index (χ1) is 7.01. The van der Waals surface area contributed by atoms with Crippen molar-refractivity contribution in [1.82, 2.24) is 9.97 Å². The largest absolute Gasteiger partial charge is 0.411 e. The van der Waals surface area contributed by atoms with E-state index in [0.29, 0.717) is 5.56 Å². The maximum atomic E-state index is 11.7. The van der Waals surface area contributed by atoms with Crippen LogP contribution < -0.4 is 0 Å². The lowest BCUT2D eigenvalue weighted by Crippen LogP contribution is -2.17. The molecule has 0 amide bonds. The highest BCUT2D eigenvalue weighted by atomic mass is 35.5. The first-order valence-electron chi connectivity index (χ1n) is 4.01. The highest BCUT2D eigenvalue weighted by molar-refractivity contribution is 6.17. The number of rotatable bonds is 4. The van der Waals surface area contributed by atoms with Crippen LogP contribution >= 0.6 is 11.6 Å². The maximum absolute atomic E-state index is 11.7. The number of alkyl halides is 4. The van der Waals surface area contributed by atoms with Gasteiger partial charge in [0.25, 0.3) is 0 Å². The molecule has 0 saturated heterocycles. The van der Waals surface area contributed by atoms with Gasteiger partial charge in [-0.05, 0) is 0 Å². The Balaban J connectivity index is 2.38. The molecule has 0 atom stereocenters. The lowest BCUT2D eigenvalue weighted by Gasteiger charge is -2.06. The second kappa shape index (κ2) is 5.27. The molecule has 0 fully saturated rings. The fourth-order valence-electron chi connectivity index (χ4n) is 0.783. The van der Waals surface area contributed by atoms with Crippen LogP contribution in [0.5, 0.6) is 0 Å². The van der Waals surface area contributed by atoms with Crippen LogP contribution in [-0.2, 0) is 17.2 Å². The summed E-state index contributed by atoms with van der Waals surface area (Å²) in [7, 11) is 0. The fourth-order valence-corrected chi connectivity index (χ4v) is 0.921. The summed E-state index contributed by atoms with van der Waals surface area (Å²) in [5, 5.41) is 0. The Morgan fingerprint density at radius 2 is 1.87 bits per heavy atom. The van der Waals surface area contributed by atoms with Crippen LogP contribution in [0.1, 0.15) is 11.4 Å². The van der Waals surface area contributed by atoms with Crippen LogP contribution in [0.15, 0.2) is 12.4 Å². The first-order valence-corrected chi connectivity index (χ1v) is 4.55. The minimum absolute atomic E-state index is 0.202. The zero-order valence-electron chi connectivity index (χ0n) is 7.59. The summed E-state index contributed by atoms with van der Waals surface area (Å²) in [5.74, 6) is 0.470. The van der Waals surface area contributed by atoms with E-state index in [0.717, 1.165) is 0 Å². The molecule has 0 aliphatic carbocycles. The number of halogens is 4. The van der Waals surface area contributed by atoms with Gasteiger partial charge in [-0.2, -0.15) is 13.2 Å². The van der Waals surface area contributed by atoms with Gasteiger partial charge in [-0.3, -0.25) is 0 Å². The summed E-state index contributed by atoms with van der Waals surface area (Å²) in [6.45, 7) is -1.56. The minimum atomic E-state index is -4.32. The van der Waals surface area contributed by atoms with Crippen LogP contribution in [0.2, 0.25) is 0 Å². The highest BCUT2D eigenvalue weighted by Crippen LogP contribution is 2.14. The van der Waals surface area contributed by atoms with Gasteiger partial charge in [0, 0.05) is 18.0 Å². The molecule has 0 aliphatic heterocycles. The Morgan fingerprint density at radius 1 is 1.27 bits per heavy atom. The number of hydrogen-bond acceptors (Lipinski definition) is 3. The summed E-state index contributed by atoms with van der Waals surface area (Å²) in [5.41, 5.74) is 0.705. The summed E-state index contributed by atoms with van der Waals surface area (Å²) < 4.78 is 39.5. The molecule has 7 heteroatoms. The van der Waals surface area contributed by atoms with Gasteiger partial charge in [-0.15, -0.1) is 11.6 Å². The zero-order chi connectivity index (χ0) is 11.3. The summed E-state index contributed by atoms with van der Waals surface area (Å²) in [6.07, 6.45) is -1.42. The molecule has 0 spiro atoms. The number of nitrogens with zero attached hydrogens (tertiary/aromatic N) is 2. The molecule has 1 aromatic heterocycles.